The predicted molar refractivity (Wildman–Crippen MR) is 65.6 cm³/mol. The van der Waals surface area contributed by atoms with Gasteiger partial charge in [0.15, 0.2) is 6.04 Å². The van der Waals surface area contributed by atoms with E-state index in [2.05, 4.69) is 15.6 Å². The second-order valence-electron chi connectivity index (χ2n) is 3.70. The molecule has 18 heavy (non-hydrogen) atoms. The zero-order valence-corrected chi connectivity index (χ0v) is 10.6. The number of nitrogens with one attached hydrogen (secondary N) is 2. The molecule has 0 saturated carbocycles. The molecule has 4 N–H and O–H groups in total. The van der Waals surface area contributed by atoms with Crippen LogP contribution in [0.1, 0.15) is 17.8 Å². The first-order valence-corrected chi connectivity index (χ1v) is 6.20. The van der Waals surface area contributed by atoms with E-state index in [4.69, 9.17) is 10.2 Å². The second-order valence-corrected chi connectivity index (χ2v) is 4.63. The van der Waals surface area contributed by atoms with Gasteiger partial charge in [0, 0.05) is 24.0 Å². The number of nitrogens with zero attached hydrogens (tertiary/aromatic N) is 1. The van der Waals surface area contributed by atoms with Gasteiger partial charge in [-0.2, -0.15) is 0 Å². The maximum Gasteiger partial charge on any atom is 0.328 e. The molecule has 1 heterocycles. The third kappa shape index (κ3) is 4.30. The number of rotatable bonds is 6. The van der Waals surface area contributed by atoms with Crippen LogP contribution >= 0.6 is 11.3 Å². The number of carboxylic acids is 1. The van der Waals surface area contributed by atoms with E-state index in [1.54, 1.807) is 6.20 Å². The van der Waals surface area contributed by atoms with Gasteiger partial charge >= 0.3 is 12.0 Å². The van der Waals surface area contributed by atoms with E-state index >= 15 is 0 Å². The zero-order valence-electron chi connectivity index (χ0n) is 9.79. The minimum atomic E-state index is -1.29. The summed E-state index contributed by atoms with van der Waals surface area (Å²) in [5.41, 5.74) is 0. The molecule has 0 aliphatic heterocycles. The number of carbonyl (C=O) groups is 2. The van der Waals surface area contributed by atoms with Gasteiger partial charge in [-0.15, -0.1) is 11.3 Å². The predicted octanol–water partition coefficient (Wildman–Crippen LogP) is -0.00870. The van der Waals surface area contributed by atoms with E-state index in [0.29, 0.717) is 6.54 Å². The van der Waals surface area contributed by atoms with Crippen molar-refractivity contribution < 1.29 is 19.8 Å². The Bertz CT molecular complexity index is 396. The summed E-state index contributed by atoms with van der Waals surface area (Å²) in [4.78, 5) is 26.1. The van der Waals surface area contributed by atoms with E-state index in [9.17, 15) is 9.59 Å². The summed E-state index contributed by atoms with van der Waals surface area (Å²) in [5, 5.41) is 24.8. The first kappa shape index (κ1) is 14.4. The molecule has 0 fully saturated rings. The van der Waals surface area contributed by atoms with Gasteiger partial charge in [0.25, 0.3) is 0 Å². The first-order valence-electron chi connectivity index (χ1n) is 5.32. The molecule has 2 unspecified atom stereocenters. The molecule has 0 aromatic carbocycles. The summed E-state index contributed by atoms with van der Waals surface area (Å²) in [7, 11) is 0. The molecule has 0 aliphatic rings. The maximum atomic E-state index is 11.4. The van der Waals surface area contributed by atoms with Crippen LogP contribution in [0.3, 0.4) is 0 Å². The number of amides is 2. The molecule has 1 aromatic rings. The Labute approximate surface area is 108 Å². The number of aliphatic hydroxyl groups excluding tert-OH is 1. The van der Waals surface area contributed by atoms with Crippen LogP contribution < -0.4 is 10.6 Å². The van der Waals surface area contributed by atoms with Crippen LogP contribution in [0.4, 0.5) is 4.79 Å². The van der Waals surface area contributed by atoms with Crippen molar-refractivity contribution in [1.82, 2.24) is 15.6 Å². The minimum Gasteiger partial charge on any atom is -0.480 e. The third-order valence-electron chi connectivity index (χ3n) is 2.23. The van der Waals surface area contributed by atoms with Gasteiger partial charge in [0.1, 0.15) is 0 Å². The second kappa shape index (κ2) is 6.92. The van der Waals surface area contributed by atoms with Gasteiger partial charge in [0.05, 0.1) is 11.6 Å². The maximum absolute atomic E-state index is 11.4. The zero-order chi connectivity index (χ0) is 13.5. The Morgan fingerprint density at radius 2 is 2.28 bits per heavy atom. The fourth-order valence-corrected chi connectivity index (χ4v) is 1.90. The topological polar surface area (TPSA) is 112 Å². The highest BCUT2D eigenvalue weighted by Gasteiger charge is 2.19. The van der Waals surface area contributed by atoms with Gasteiger partial charge in [0.2, 0.25) is 0 Å². The highest BCUT2D eigenvalue weighted by atomic mass is 32.1. The lowest BCUT2D eigenvalue weighted by atomic mass is 10.2. The number of urea groups is 1. The van der Waals surface area contributed by atoms with Crippen molar-refractivity contribution in [1.29, 1.82) is 0 Å². The van der Waals surface area contributed by atoms with E-state index in [1.165, 1.54) is 11.3 Å². The fourth-order valence-electron chi connectivity index (χ4n) is 1.21. The van der Waals surface area contributed by atoms with Crippen LogP contribution in [0.5, 0.6) is 0 Å². The molecule has 0 radical (unpaired) electrons. The van der Waals surface area contributed by atoms with E-state index in [0.717, 1.165) is 5.01 Å². The van der Waals surface area contributed by atoms with Crippen molar-refractivity contribution in [3.8, 4) is 0 Å². The monoisotopic (exact) mass is 273 g/mol. The Morgan fingerprint density at radius 3 is 2.78 bits per heavy atom. The van der Waals surface area contributed by atoms with Crippen LogP contribution in [0.25, 0.3) is 0 Å². The normalized spacial score (nSPS) is 13.7. The van der Waals surface area contributed by atoms with Crippen molar-refractivity contribution in [2.24, 2.45) is 0 Å². The number of aliphatic carboxylic acids is 1. The molecule has 100 valence electrons. The van der Waals surface area contributed by atoms with Crippen molar-refractivity contribution >= 4 is 23.3 Å². The summed E-state index contributed by atoms with van der Waals surface area (Å²) in [5.74, 6) is -1.23. The van der Waals surface area contributed by atoms with Crippen LogP contribution in [0, 0.1) is 0 Å². The van der Waals surface area contributed by atoms with Gasteiger partial charge in [-0.3, -0.25) is 0 Å². The van der Waals surface area contributed by atoms with Crippen molar-refractivity contribution in [2.75, 3.05) is 13.2 Å². The lowest BCUT2D eigenvalue weighted by Crippen LogP contribution is -2.48. The van der Waals surface area contributed by atoms with Gasteiger partial charge < -0.3 is 20.8 Å². The van der Waals surface area contributed by atoms with E-state index in [1.807, 2.05) is 12.3 Å². The Kier molecular flexibility index (Phi) is 5.53. The Morgan fingerprint density at radius 1 is 1.56 bits per heavy atom. The van der Waals surface area contributed by atoms with Crippen LogP contribution in [0.2, 0.25) is 0 Å². The number of aromatic nitrogens is 1. The molecule has 0 saturated heterocycles. The lowest BCUT2D eigenvalue weighted by Gasteiger charge is -2.14. The highest BCUT2D eigenvalue weighted by Crippen LogP contribution is 2.16. The fraction of sp³-hybridized carbons (Fsp3) is 0.500. The van der Waals surface area contributed by atoms with Crippen molar-refractivity contribution in [3.05, 3.63) is 16.6 Å². The smallest absolute Gasteiger partial charge is 0.328 e. The number of hydrogen-bond acceptors (Lipinski definition) is 5. The van der Waals surface area contributed by atoms with Gasteiger partial charge in [-0.05, 0) is 0 Å². The molecule has 2 amide bonds. The average Bonchev–Trinajstić information content (AvgIpc) is 2.86. The van der Waals surface area contributed by atoms with E-state index < -0.39 is 24.6 Å². The molecule has 1 aromatic heterocycles. The molecular formula is C10H15N3O4S. The Balaban J connectivity index is 2.35. The molecule has 1 rings (SSSR count). The number of thiazole rings is 1. The van der Waals surface area contributed by atoms with Crippen molar-refractivity contribution in [2.45, 2.75) is 18.9 Å². The van der Waals surface area contributed by atoms with Crippen LogP contribution in [0.15, 0.2) is 11.6 Å². The molecule has 8 heteroatoms. The van der Waals surface area contributed by atoms with Crippen molar-refractivity contribution in [3.63, 3.8) is 0 Å². The molecule has 7 nitrogen and oxygen atoms in total. The summed E-state index contributed by atoms with van der Waals surface area (Å²) in [6.07, 6.45) is 1.68. The standard InChI is InChI=1S/C10H15N3O4S/c1-6(8-11-2-3-18-8)4-12-10(17)13-7(5-14)9(15)16/h2-3,6-7,14H,4-5H2,1H3,(H,15,16)(H2,12,13,17). The quantitative estimate of drug-likeness (QED) is 0.582. The number of carbonyl (C=O) groups excluding carboxylic acids is 1. The Hall–Kier alpha value is -1.67. The van der Waals surface area contributed by atoms with Crippen LogP contribution in [-0.4, -0.2) is 46.4 Å². The number of carboxylic acid groups (broad SMARTS) is 1. The molecule has 0 bridgehead atoms. The molecular weight excluding hydrogens is 258 g/mol. The number of hydrogen-bond donors (Lipinski definition) is 4. The summed E-state index contributed by atoms with van der Waals surface area (Å²) in [6.45, 7) is 1.60. The summed E-state index contributed by atoms with van der Waals surface area (Å²) >= 11 is 1.49. The lowest BCUT2D eigenvalue weighted by molar-refractivity contribution is -0.140. The SMILES string of the molecule is CC(CNC(=O)NC(CO)C(=O)O)c1nccs1. The van der Waals surface area contributed by atoms with Gasteiger partial charge in [-0.25, -0.2) is 14.6 Å². The minimum absolute atomic E-state index is 0.0492. The average molecular weight is 273 g/mol. The highest BCUT2D eigenvalue weighted by molar-refractivity contribution is 7.09. The third-order valence-corrected chi connectivity index (χ3v) is 3.23. The molecule has 0 aliphatic carbocycles. The largest absolute Gasteiger partial charge is 0.480 e. The molecule has 2 atom stereocenters. The van der Waals surface area contributed by atoms with Gasteiger partial charge in [-0.1, -0.05) is 6.92 Å². The van der Waals surface area contributed by atoms with Crippen LogP contribution in [-0.2, 0) is 4.79 Å². The van der Waals surface area contributed by atoms with E-state index in [-0.39, 0.29) is 5.92 Å². The number of aliphatic hydroxyl groups is 1. The summed E-state index contributed by atoms with van der Waals surface area (Å²) < 4.78 is 0. The molecule has 0 spiro atoms. The first-order chi connectivity index (χ1) is 8.54. The summed E-state index contributed by atoms with van der Waals surface area (Å²) in [6, 6.07) is -1.92.